The van der Waals surface area contributed by atoms with Crippen LogP contribution in [0.5, 0.6) is 5.75 Å². The maximum Gasteiger partial charge on any atom is 0.251 e. The second kappa shape index (κ2) is 5.36. The lowest BCUT2D eigenvalue weighted by molar-refractivity contribution is 0.0963. The summed E-state index contributed by atoms with van der Waals surface area (Å²) in [6.45, 7) is 0. The van der Waals surface area contributed by atoms with Gasteiger partial charge in [-0.2, -0.15) is 0 Å². The first kappa shape index (κ1) is 12.2. The van der Waals surface area contributed by atoms with Crippen LogP contribution in [0.1, 0.15) is 10.4 Å². The van der Waals surface area contributed by atoms with E-state index in [0.717, 1.165) is 16.9 Å². The van der Waals surface area contributed by atoms with Crippen LogP contribution >= 0.6 is 0 Å². The lowest BCUT2D eigenvalue weighted by Crippen LogP contribution is -2.17. The summed E-state index contributed by atoms with van der Waals surface area (Å²) in [5, 5.41) is 2.60. The summed E-state index contributed by atoms with van der Waals surface area (Å²) in [5.74, 6) is 0.742. The minimum atomic E-state index is -0.0819. The van der Waals surface area contributed by atoms with Gasteiger partial charge in [-0.3, -0.25) is 4.79 Å². The molecule has 0 aliphatic rings. The Labute approximate surface area is 106 Å². The van der Waals surface area contributed by atoms with Gasteiger partial charge in [0.15, 0.2) is 0 Å². The van der Waals surface area contributed by atoms with Gasteiger partial charge in [0.2, 0.25) is 0 Å². The zero-order chi connectivity index (χ0) is 13.0. The highest BCUT2D eigenvalue weighted by molar-refractivity contribution is 5.94. The number of hydrogen-bond donors (Lipinski definition) is 1. The van der Waals surface area contributed by atoms with E-state index in [0.29, 0.717) is 5.56 Å². The number of benzene rings is 2. The van der Waals surface area contributed by atoms with E-state index in [1.54, 1.807) is 26.3 Å². The molecule has 0 unspecified atom stereocenters. The maximum absolute atomic E-state index is 11.4. The Balaban J connectivity index is 2.37. The fourth-order valence-corrected chi connectivity index (χ4v) is 1.83. The highest BCUT2D eigenvalue weighted by atomic mass is 16.5. The Bertz CT molecular complexity index is 547. The molecule has 2 aromatic carbocycles. The van der Waals surface area contributed by atoms with Gasteiger partial charge < -0.3 is 10.1 Å². The number of nitrogens with one attached hydrogen (secondary N) is 1. The van der Waals surface area contributed by atoms with E-state index >= 15 is 0 Å². The summed E-state index contributed by atoms with van der Waals surface area (Å²) in [6, 6.07) is 15.3. The van der Waals surface area contributed by atoms with Crippen molar-refractivity contribution in [3.05, 3.63) is 54.1 Å². The number of methoxy groups -OCH3 is 1. The number of hydrogen-bond acceptors (Lipinski definition) is 2. The second-order valence-corrected chi connectivity index (χ2v) is 3.86. The molecule has 0 aliphatic carbocycles. The molecule has 3 nitrogen and oxygen atoms in total. The first-order valence-corrected chi connectivity index (χ1v) is 5.72. The quantitative estimate of drug-likeness (QED) is 0.897. The first-order chi connectivity index (χ1) is 8.76. The van der Waals surface area contributed by atoms with Gasteiger partial charge in [0.25, 0.3) is 5.91 Å². The smallest absolute Gasteiger partial charge is 0.251 e. The second-order valence-electron chi connectivity index (χ2n) is 3.86. The highest BCUT2D eigenvalue weighted by Gasteiger charge is 2.06. The summed E-state index contributed by atoms with van der Waals surface area (Å²) in [7, 11) is 3.27. The predicted octanol–water partition coefficient (Wildman–Crippen LogP) is 2.72. The molecule has 0 aliphatic heterocycles. The number of carbonyl (C=O) groups is 1. The number of amides is 1. The van der Waals surface area contributed by atoms with Crippen molar-refractivity contribution in [1.82, 2.24) is 5.32 Å². The monoisotopic (exact) mass is 241 g/mol. The predicted molar refractivity (Wildman–Crippen MR) is 71.8 cm³/mol. The van der Waals surface area contributed by atoms with Crippen LogP contribution in [0.25, 0.3) is 11.1 Å². The van der Waals surface area contributed by atoms with Crippen molar-refractivity contribution in [1.29, 1.82) is 0 Å². The minimum Gasteiger partial charge on any atom is -0.496 e. The highest BCUT2D eigenvalue weighted by Crippen LogP contribution is 2.29. The van der Waals surface area contributed by atoms with E-state index < -0.39 is 0 Å². The van der Waals surface area contributed by atoms with Crippen LogP contribution in [-0.4, -0.2) is 20.1 Å². The van der Waals surface area contributed by atoms with E-state index in [1.165, 1.54) is 0 Å². The molecule has 0 radical (unpaired) electrons. The van der Waals surface area contributed by atoms with Crippen molar-refractivity contribution in [2.24, 2.45) is 0 Å². The molecule has 0 heterocycles. The van der Waals surface area contributed by atoms with E-state index in [-0.39, 0.29) is 5.91 Å². The summed E-state index contributed by atoms with van der Waals surface area (Å²) in [6.07, 6.45) is 0. The topological polar surface area (TPSA) is 38.3 Å². The third-order valence-corrected chi connectivity index (χ3v) is 2.79. The van der Waals surface area contributed by atoms with Gasteiger partial charge in [-0.1, -0.05) is 30.3 Å². The van der Waals surface area contributed by atoms with Crippen molar-refractivity contribution in [3.63, 3.8) is 0 Å². The summed E-state index contributed by atoms with van der Waals surface area (Å²) >= 11 is 0. The number of carbonyl (C=O) groups excluding carboxylic acids is 1. The fourth-order valence-electron chi connectivity index (χ4n) is 1.83. The molecular formula is C15H15NO2. The molecule has 0 saturated heterocycles. The Morgan fingerprint density at radius 1 is 1.06 bits per heavy atom. The van der Waals surface area contributed by atoms with Gasteiger partial charge in [0, 0.05) is 18.2 Å². The summed E-state index contributed by atoms with van der Waals surface area (Å²) in [4.78, 5) is 11.4. The molecule has 0 bridgehead atoms. The lowest BCUT2D eigenvalue weighted by atomic mass is 10.0. The number of ether oxygens (including phenoxy) is 1. The Hall–Kier alpha value is -2.29. The van der Waals surface area contributed by atoms with Gasteiger partial charge in [-0.25, -0.2) is 0 Å². The molecule has 1 amide bonds. The average molecular weight is 241 g/mol. The molecule has 1 N–H and O–H groups in total. The Morgan fingerprint density at radius 2 is 1.72 bits per heavy atom. The summed E-state index contributed by atoms with van der Waals surface area (Å²) < 4.78 is 5.32. The Kier molecular flexibility index (Phi) is 3.63. The molecule has 0 atom stereocenters. The molecule has 3 heteroatoms. The molecule has 0 saturated carbocycles. The van der Waals surface area contributed by atoms with E-state index in [2.05, 4.69) is 5.32 Å². The molecule has 2 aromatic rings. The first-order valence-electron chi connectivity index (χ1n) is 5.72. The van der Waals surface area contributed by atoms with Crippen LogP contribution in [0.4, 0.5) is 0 Å². The van der Waals surface area contributed by atoms with Crippen molar-refractivity contribution < 1.29 is 9.53 Å². The van der Waals surface area contributed by atoms with Crippen LogP contribution in [0.2, 0.25) is 0 Å². The van der Waals surface area contributed by atoms with Gasteiger partial charge in [0.1, 0.15) is 5.75 Å². The van der Waals surface area contributed by atoms with Crippen LogP contribution in [0.3, 0.4) is 0 Å². The third kappa shape index (κ3) is 2.35. The van der Waals surface area contributed by atoms with Crippen molar-refractivity contribution in [2.75, 3.05) is 14.2 Å². The van der Waals surface area contributed by atoms with Gasteiger partial charge in [-0.15, -0.1) is 0 Å². The molecule has 2 rings (SSSR count). The van der Waals surface area contributed by atoms with Gasteiger partial charge in [0.05, 0.1) is 7.11 Å². The number of rotatable bonds is 3. The lowest BCUT2D eigenvalue weighted by Gasteiger charge is -2.08. The normalized spacial score (nSPS) is 9.89. The third-order valence-electron chi connectivity index (χ3n) is 2.79. The SMILES string of the molecule is CNC(=O)c1ccc(-c2ccccc2OC)cc1. The zero-order valence-electron chi connectivity index (χ0n) is 10.4. The molecule has 0 fully saturated rings. The largest absolute Gasteiger partial charge is 0.496 e. The van der Waals surface area contributed by atoms with E-state index in [9.17, 15) is 4.79 Å². The van der Waals surface area contributed by atoms with Gasteiger partial charge >= 0.3 is 0 Å². The Morgan fingerprint density at radius 3 is 2.33 bits per heavy atom. The van der Waals surface area contributed by atoms with Gasteiger partial charge in [-0.05, 0) is 23.8 Å². The van der Waals surface area contributed by atoms with Crippen LogP contribution < -0.4 is 10.1 Å². The number of para-hydroxylation sites is 1. The van der Waals surface area contributed by atoms with Crippen LogP contribution in [-0.2, 0) is 0 Å². The molecule has 0 aromatic heterocycles. The standard InChI is InChI=1S/C15H15NO2/c1-16-15(17)12-9-7-11(8-10-12)13-5-3-4-6-14(13)18-2/h3-10H,1-2H3,(H,16,17). The average Bonchev–Trinajstić information content (AvgIpc) is 2.46. The van der Waals surface area contributed by atoms with Crippen molar-refractivity contribution in [2.45, 2.75) is 0 Å². The molecule has 18 heavy (non-hydrogen) atoms. The van der Waals surface area contributed by atoms with E-state index in [4.69, 9.17) is 4.74 Å². The molecule has 0 spiro atoms. The summed E-state index contributed by atoms with van der Waals surface area (Å²) in [5.41, 5.74) is 2.69. The maximum atomic E-state index is 11.4. The zero-order valence-corrected chi connectivity index (χ0v) is 10.4. The van der Waals surface area contributed by atoms with E-state index in [1.807, 2.05) is 36.4 Å². The fraction of sp³-hybridized carbons (Fsp3) is 0.133. The molecular weight excluding hydrogens is 226 g/mol. The molecule has 92 valence electrons. The van der Waals surface area contributed by atoms with Crippen molar-refractivity contribution in [3.8, 4) is 16.9 Å². The van der Waals surface area contributed by atoms with Crippen LogP contribution in [0.15, 0.2) is 48.5 Å². The van der Waals surface area contributed by atoms with Crippen LogP contribution in [0, 0.1) is 0 Å². The van der Waals surface area contributed by atoms with Crippen molar-refractivity contribution >= 4 is 5.91 Å². The minimum absolute atomic E-state index is 0.0819.